The van der Waals surface area contributed by atoms with Crippen molar-refractivity contribution < 1.29 is 28.9 Å². The summed E-state index contributed by atoms with van der Waals surface area (Å²) in [5.74, 6) is -2.28. The third kappa shape index (κ3) is 4.56. The molecule has 2 aromatic carbocycles. The number of rotatable bonds is 8. The molecular weight excluding hydrogens is 468 g/mol. The van der Waals surface area contributed by atoms with Gasteiger partial charge in [0.05, 0.1) is 11.4 Å². The number of benzene rings is 2. The van der Waals surface area contributed by atoms with E-state index < -0.39 is 30.6 Å². The molecule has 3 atom stereocenters. The summed E-state index contributed by atoms with van der Waals surface area (Å²) in [5, 5.41) is 19.8. The van der Waals surface area contributed by atoms with E-state index >= 15 is 0 Å². The van der Waals surface area contributed by atoms with Gasteiger partial charge >= 0.3 is 5.97 Å². The van der Waals surface area contributed by atoms with Crippen LogP contribution in [0.1, 0.15) is 56.9 Å². The number of nitrogens with zero attached hydrogens (tertiary/aromatic N) is 1. The van der Waals surface area contributed by atoms with Crippen molar-refractivity contribution >= 4 is 14.0 Å². The maximum absolute atomic E-state index is 14.0. The second kappa shape index (κ2) is 10.0. The minimum absolute atomic E-state index is 0.151. The first-order valence-electron chi connectivity index (χ1n) is 11.4. The molecule has 0 aliphatic carbocycles. The van der Waals surface area contributed by atoms with Crippen molar-refractivity contribution in [2.75, 3.05) is 0 Å². The summed E-state index contributed by atoms with van der Waals surface area (Å²) in [7, 11) is -3.79. The summed E-state index contributed by atoms with van der Waals surface area (Å²) in [6, 6.07) is 15.3. The lowest BCUT2D eigenvalue weighted by atomic mass is 9.74. The summed E-state index contributed by atoms with van der Waals surface area (Å²) in [5.41, 5.74) is 1.23. The number of hydrogen-bond donors (Lipinski definition) is 3. The van der Waals surface area contributed by atoms with Crippen molar-refractivity contribution in [3.63, 3.8) is 0 Å². The van der Waals surface area contributed by atoms with Gasteiger partial charge in [0.15, 0.2) is 5.16 Å². The highest BCUT2D eigenvalue weighted by atomic mass is 31.1. The van der Waals surface area contributed by atoms with Gasteiger partial charge in [-0.2, -0.15) is 0 Å². The molecule has 0 spiro atoms. The van der Waals surface area contributed by atoms with Crippen LogP contribution >= 0.6 is 8.03 Å². The van der Waals surface area contributed by atoms with Crippen molar-refractivity contribution in [1.29, 1.82) is 0 Å². The monoisotopic (exact) mass is 499 g/mol. The lowest BCUT2D eigenvalue weighted by Gasteiger charge is -2.42. The lowest BCUT2D eigenvalue weighted by Crippen LogP contribution is -2.53. The van der Waals surface area contributed by atoms with Gasteiger partial charge in [-0.3, -0.25) is 14.3 Å². The van der Waals surface area contributed by atoms with Gasteiger partial charge in [-0.05, 0) is 61.1 Å². The van der Waals surface area contributed by atoms with Crippen LogP contribution in [0.4, 0.5) is 4.39 Å². The summed E-state index contributed by atoms with van der Waals surface area (Å²) >= 11 is 0. The molecule has 3 rings (SSSR count). The standard InChI is InChI=1S/C27H31FNO5P/c1-6-27(25(30)31,35(33)34)26(5,32)23-21(20-13-12-19(28)14-17(20)4)15-22(29-24(23)16(2)3)18-10-8-7-9-11-18/h7-16,32,35H,6H2,1-5H3,(H,30,31)(H,33,34). The van der Waals surface area contributed by atoms with Gasteiger partial charge < -0.3 is 15.1 Å². The Morgan fingerprint density at radius 2 is 1.74 bits per heavy atom. The Bertz CT molecular complexity index is 1260. The maximum Gasteiger partial charge on any atom is 0.322 e. The zero-order valence-corrected chi connectivity index (χ0v) is 21.5. The van der Waals surface area contributed by atoms with Crippen molar-refractivity contribution in [3.8, 4) is 22.4 Å². The van der Waals surface area contributed by atoms with Gasteiger partial charge in [0.25, 0.3) is 0 Å². The highest BCUT2D eigenvalue weighted by Gasteiger charge is 2.59. The first-order valence-corrected chi connectivity index (χ1v) is 12.8. The molecule has 0 saturated carbocycles. The van der Waals surface area contributed by atoms with Crippen molar-refractivity contribution in [3.05, 3.63) is 77.2 Å². The number of aromatic nitrogens is 1. The largest absolute Gasteiger partial charge is 0.480 e. The Morgan fingerprint density at radius 1 is 1.11 bits per heavy atom. The molecule has 0 aliphatic heterocycles. The number of pyridine rings is 1. The number of carboxylic acid groups (broad SMARTS) is 1. The number of aryl methyl sites for hydroxylation is 1. The summed E-state index contributed by atoms with van der Waals surface area (Å²) in [4.78, 5) is 27.6. The van der Waals surface area contributed by atoms with Gasteiger partial charge in [0.2, 0.25) is 8.03 Å². The average molecular weight is 500 g/mol. The lowest BCUT2D eigenvalue weighted by molar-refractivity contribution is -0.149. The molecule has 3 N–H and O–H groups in total. The van der Waals surface area contributed by atoms with Crippen LogP contribution in [0.3, 0.4) is 0 Å². The van der Waals surface area contributed by atoms with Gasteiger partial charge in [-0.25, -0.2) is 4.39 Å². The second-order valence-corrected chi connectivity index (χ2v) is 10.7. The molecule has 3 unspecified atom stereocenters. The van der Waals surface area contributed by atoms with Crippen molar-refractivity contribution in [1.82, 2.24) is 4.98 Å². The van der Waals surface area contributed by atoms with Crippen LogP contribution in [0.2, 0.25) is 0 Å². The molecule has 186 valence electrons. The van der Waals surface area contributed by atoms with E-state index in [4.69, 9.17) is 4.98 Å². The Hall–Kier alpha value is -2.86. The van der Waals surface area contributed by atoms with Crippen molar-refractivity contribution in [2.45, 2.75) is 57.7 Å². The zero-order chi connectivity index (χ0) is 26.1. The Kier molecular flexibility index (Phi) is 7.65. The molecule has 0 radical (unpaired) electrons. The fraction of sp³-hybridized carbons (Fsp3) is 0.333. The van der Waals surface area contributed by atoms with E-state index in [-0.39, 0.29) is 17.9 Å². The van der Waals surface area contributed by atoms with Crippen molar-refractivity contribution in [2.24, 2.45) is 0 Å². The topological polar surface area (TPSA) is 108 Å². The first kappa shape index (κ1) is 26.7. The number of aliphatic hydroxyl groups is 1. The van der Waals surface area contributed by atoms with E-state index in [0.29, 0.717) is 28.1 Å². The van der Waals surface area contributed by atoms with Crippen LogP contribution in [0.15, 0.2) is 54.6 Å². The number of aliphatic carboxylic acids is 1. The van der Waals surface area contributed by atoms with Crippen LogP contribution in [0.25, 0.3) is 22.4 Å². The first-order chi connectivity index (χ1) is 16.4. The summed E-state index contributed by atoms with van der Waals surface area (Å²) in [6.45, 7) is 8.15. The molecule has 6 nitrogen and oxygen atoms in total. The third-order valence-corrected chi connectivity index (χ3v) is 8.51. The predicted octanol–water partition coefficient (Wildman–Crippen LogP) is 5.89. The number of carboxylic acids is 1. The molecular formula is C27H31FNO5P. The molecule has 35 heavy (non-hydrogen) atoms. The quantitative estimate of drug-likeness (QED) is 0.334. The molecule has 1 aromatic heterocycles. The predicted molar refractivity (Wildman–Crippen MR) is 135 cm³/mol. The van der Waals surface area contributed by atoms with E-state index in [2.05, 4.69) is 0 Å². The zero-order valence-electron chi connectivity index (χ0n) is 20.5. The average Bonchev–Trinajstić information content (AvgIpc) is 2.78. The Labute approximate surface area is 205 Å². The van der Waals surface area contributed by atoms with Crippen LogP contribution in [0, 0.1) is 12.7 Å². The molecule has 0 bridgehead atoms. The van der Waals surface area contributed by atoms with E-state index in [1.54, 1.807) is 19.1 Å². The highest BCUT2D eigenvalue weighted by Crippen LogP contribution is 2.54. The number of hydrogen-bond acceptors (Lipinski definition) is 4. The van der Waals surface area contributed by atoms with Gasteiger partial charge in [-0.1, -0.05) is 57.2 Å². The number of halogens is 1. The van der Waals surface area contributed by atoms with E-state index in [1.165, 1.54) is 26.0 Å². The van der Waals surface area contributed by atoms with Gasteiger partial charge in [0, 0.05) is 11.1 Å². The van der Waals surface area contributed by atoms with Gasteiger partial charge in [0.1, 0.15) is 11.4 Å². The minimum Gasteiger partial charge on any atom is -0.480 e. The van der Waals surface area contributed by atoms with Crippen LogP contribution in [-0.2, 0) is 15.0 Å². The van der Waals surface area contributed by atoms with E-state index in [0.717, 1.165) is 5.56 Å². The van der Waals surface area contributed by atoms with Crippen LogP contribution < -0.4 is 0 Å². The van der Waals surface area contributed by atoms with Crippen LogP contribution in [0.5, 0.6) is 0 Å². The Balaban J connectivity index is 2.54. The maximum atomic E-state index is 14.0. The molecule has 0 aliphatic rings. The van der Waals surface area contributed by atoms with E-state index in [1.807, 2.05) is 44.2 Å². The molecule has 0 fully saturated rings. The minimum atomic E-state index is -3.79. The molecule has 0 saturated heterocycles. The Morgan fingerprint density at radius 3 is 2.23 bits per heavy atom. The smallest absolute Gasteiger partial charge is 0.322 e. The molecule has 8 heteroatoms. The normalized spacial score (nSPS) is 15.9. The molecule has 1 heterocycles. The summed E-state index contributed by atoms with van der Waals surface area (Å²) < 4.78 is 26.6. The fourth-order valence-electron chi connectivity index (χ4n) is 4.76. The SMILES string of the molecule is CCC(C(=O)O)([PH](=O)O)C(C)(O)c1c(-c2ccc(F)cc2C)cc(-c2ccccc2)nc1C(C)C. The third-order valence-electron chi connectivity index (χ3n) is 6.72. The highest BCUT2D eigenvalue weighted by molar-refractivity contribution is 7.41. The molecule has 3 aromatic rings. The van der Waals surface area contributed by atoms with E-state index in [9.17, 15) is 28.9 Å². The van der Waals surface area contributed by atoms with Gasteiger partial charge in [-0.15, -0.1) is 0 Å². The molecule has 0 amide bonds. The summed E-state index contributed by atoms with van der Waals surface area (Å²) in [6.07, 6.45) is -0.288. The number of carbonyl (C=O) groups is 1. The fourth-order valence-corrected chi connectivity index (χ4v) is 5.79. The van der Waals surface area contributed by atoms with Crippen LogP contribution in [-0.4, -0.2) is 31.2 Å². The second-order valence-electron chi connectivity index (χ2n) is 9.24.